The van der Waals surface area contributed by atoms with Gasteiger partial charge in [-0.2, -0.15) is 5.26 Å². The molecule has 0 amide bonds. The van der Waals surface area contributed by atoms with Gasteiger partial charge >= 0.3 is 0 Å². The summed E-state index contributed by atoms with van der Waals surface area (Å²) < 4.78 is 25.1. The van der Waals surface area contributed by atoms with Crippen LogP contribution in [0.2, 0.25) is 0 Å². The average Bonchev–Trinajstić information content (AvgIpc) is 2.11. The zero-order valence-corrected chi connectivity index (χ0v) is 7.35. The van der Waals surface area contributed by atoms with Crippen molar-refractivity contribution in [2.75, 3.05) is 0 Å². The number of halogens is 3. The third-order valence-corrected chi connectivity index (χ3v) is 1.79. The van der Waals surface area contributed by atoms with Crippen LogP contribution < -0.4 is 0 Å². The molecule has 1 nitrogen and oxygen atoms in total. The fraction of sp³-hybridized carbons (Fsp3) is 0.222. The lowest BCUT2D eigenvalue weighted by molar-refractivity contribution is 0.507. The van der Waals surface area contributed by atoms with E-state index in [-0.39, 0.29) is 6.42 Å². The maximum Gasteiger partial charge on any atom is 0.159 e. The first-order chi connectivity index (χ1) is 6.13. The van der Waals surface area contributed by atoms with Gasteiger partial charge in [0.2, 0.25) is 0 Å². The highest BCUT2D eigenvalue weighted by Crippen LogP contribution is 2.12. The largest absolute Gasteiger partial charge is 0.204 e. The Morgan fingerprint density at radius 3 is 2.62 bits per heavy atom. The van der Waals surface area contributed by atoms with Crippen LogP contribution in [0.5, 0.6) is 0 Å². The molecule has 0 aliphatic heterocycles. The van der Waals surface area contributed by atoms with E-state index < -0.39 is 17.0 Å². The molecule has 0 saturated carbocycles. The monoisotopic (exact) mass is 201 g/mol. The molecule has 0 N–H and O–H groups in total. The Kier molecular flexibility index (Phi) is 3.21. The van der Waals surface area contributed by atoms with Gasteiger partial charge in [-0.3, -0.25) is 0 Å². The summed E-state index contributed by atoms with van der Waals surface area (Å²) >= 11 is 5.51. The van der Waals surface area contributed by atoms with Gasteiger partial charge in [0.1, 0.15) is 5.38 Å². The van der Waals surface area contributed by atoms with E-state index in [1.807, 2.05) is 0 Å². The van der Waals surface area contributed by atoms with Crippen LogP contribution >= 0.6 is 11.6 Å². The molecule has 0 aliphatic carbocycles. The first-order valence-corrected chi connectivity index (χ1v) is 4.04. The maximum absolute atomic E-state index is 12.6. The standard InChI is InChI=1S/C9H6ClF2N/c10-7(5-13)3-6-1-2-8(11)9(12)4-6/h1-2,4,7H,3H2. The smallest absolute Gasteiger partial charge is 0.159 e. The molecular weight excluding hydrogens is 196 g/mol. The Hall–Kier alpha value is -1.14. The molecule has 0 aromatic heterocycles. The molecule has 0 radical (unpaired) electrons. The van der Waals surface area contributed by atoms with Crippen molar-refractivity contribution in [3.8, 4) is 6.07 Å². The van der Waals surface area contributed by atoms with Gasteiger partial charge in [0.05, 0.1) is 6.07 Å². The van der Waals surface area contributed by atoms with Crippen LogP contribution in [0.1, 0.15) is 5.56 Å². The van der Waals surface area contributed by atoms with Crippen LogP contribution in [0.4, 0.5) is 8.78 Å². The molecule has 1 aromatic carbocycles. The van der Waals surface area contributed by atoms with Crippen molar-refractivity contribution >= 4 is 11.6 Å². The first-order valence-electron chi connectivity index (χ1n) is 3.61. The molecule has 68 valence electrons. The van der Waals surface area contributed by atoms with Gasteiger partial charge in [-0.25, -0.2) is 8.78 Å². The number of nitrogens with zero attached hydrogens (tertiary/aromatic N) is 1. The Balaban J connectivity index is 2.81. The van der Waals surface area contributed by atoms with E-state index in [9.17, 15) is 8.78 Å². The summed E-state index contributed by atoms with van der Waals surface area (Å²) in [5, 5.41) is 7.67. The van der Waals surface area contributed by atoms with E-state index in [0.717, 1.165) is 12.1 Å². The fourth-order valence-electron chi connectivity index (χ4n) is 0.919. The summed E-state index contributed by atoms with van der Waals surface area (Å²) in [5.74, 6) is -1.81. The lowest BCUT2D eigenvalue weighted by Crippen LogP contribution is -2.00. The Labute approximate surface area is 79.6 Å². The summed E-state index contributed by atoms with van der Waals surface area (Å²) in [6, 6.07) is 5.27. The second-order valence-electron chi connectivity index (χ2n) is 2.55. The highest BCUT2D eigenvalue weighted by Gasteiger charge is 2.07. The maximum atomic E-state index is 12.6. The summed E-state index contributed by atoms with van der Waals surface area (Å²) in [6.45, 7) is 0. The zero-order valence-electron chi connectivity index (χ0n) is 6.60. The van der Waals surface area contributed by atoms with Gasteiger partial charge in [-0.1, -0.05) is 6.07 Å². The quantitative estimate of drug-likeness (QED) is 0.675. The molecule has 0 fully saturated rings. The number of nitriles is 1. The highest BCUT2D eigenvalue weighted by atomic mass is 35.5. The van der Waals surface area contributed by atoms with E-state index in [4.69, 9.17) is 16.9 Å². The van der Waals surface area contributed by atoms with Gasteiger partial charge in [-0.05, 0) is 17.7 Å². The lowest BCUT2D eigenvalue weighted by atomic mass is 10.1. The molecule has 0 bridgehead atoms. The Morgan fingerprint density at radius 1 is 1.38 bits per heavy atom. The van der Waals surface area contributed by atoms with Crippen molar-refractivity contribution < 1.29 is 8.78 Å². The second-order valence-corrected chi connectivity index (χ2v) is 3.08. The molecular formula is C9H6ClF2N. The van der Waals surface area contributed by atoms with Crippen LogP contribution in [0, 0.1) is 23.0 Å². The molecule has 13 heavy (non-hydrogen) atoms. The van der Waals surface area contributed by atoms with E-state index >= 15 is 0 Å². The van der Waals surface area contributed by atoms with Crippen molar-refractivity contribution in [3.63, 3.8) is 0 Å². The minimum absolute atomic E-state index is 0.218. The highest BCUT2D eigenvalue weighted by molar-refractivity contribution is 6.22. The van der Waals surface area contributed by atoms with E-state index in [0.29, 0.717) is 5.56 Å². The molecule has 0 heterocycles. The molecule has 0 saturated heterocycles. The van der Waals surface area contributed by atoms with Crippen molar-refractivity contribution in [2.24, 2.45) is 0 Å². The number of benzene rings is 1. The molecule has 1 rings (SSSR count). The topological polar surface area (TPSA) is 23.8 Å². The SMILES string of the molecule is N#CC(Cl)Cc1ccc(F)c(F)c1. The van der Waals surface area contributed by atoms with E-state index in [1.165, 1.54) is 6.07 Å². The van der Waals surface area contributed by atoms with Crippen molar-refractivity contribution in [2.45, 2.75) is 11.8 Å². The number of hydrogen-bond acceptors (Lipinski definition) is 1. The number of rotatable bonds is 2. The lowest BCUT2D eigenvalue weighted by Gasteiger charge is -2.01. The van der Waals surface area contributed by atoms with Crippen LogP contribution in [-0.2, 0) is 6.42 Å². The van der Waals surface area contributed by atoms with Gasteiger partial charge in [0.25, 0.3) is 0 Å². The number of alkyl halides is 1. The molecule has 4 heteroatoms. The van der Waals surface area contributed by atoms with E-state index in [1.54, 1.807) is 6.07 Å². The predicted octanol–water partition coefficient (Wildman–Crippen LogP) is 2.64. The van der Waals surface area contributed by atoms with Crippen LogP contribution in [-0.4, -0.2) is 5.38 Å². The van der Waals surface area contributed by atoms with Crippen LogP contribution in [0.15, 0.2) is 18.2 Å². The number of hydrogen-bond donors (Lipinski definition) is 0. The summed E-state index contributed by atoms with van der Waals surface area (Å²) in [4.78, 5) is 0. The van der Waals surface area contributed by atoms with Crippen molar-refractivity contribution in [1.29, 1.82) is 5.26 Å². The first kappa shape index (κ1) is 9.94. The summed E-state index contributed by atoms with van der Waals surface area (Å²) in [7, 11) is 0. The third-order valence-electron chi connectivity index (χ3n) is 1.54. The summed E-state index contributed by atoms with van der Waals surface area (Å²) in [5.41, 5.74) is 0.514. The van der Waals surface area contributed by atoms with E-state index in [2.05, 4.69) is 0 Å². The third kappa shape index (κ3) is 2.67. The van der Waals surface area contributed by atoms with Gasteiger partial charge in [-0.15, -0.1) is 11.6 Å². The molecule has 1 unspecified atom stereocenters. The fourth-order valence-corrected chi connectivity index (χ4v) is 1.10. The van der Waals surface area contributed by atoms with Gasteiger partial charge in [0, 0.05) is 6.42 Å². The minimum Gasteiger partial charge on any atom is -0.204 e. The van der Waals surface area contributed by atoms with Gasteiger partial charge < -0.3 is 0 Å². The van der Waals surface area contributed by atoms with Crippen LogP contribution in [0.25, 0.3) is 0 Å². The molecule has 0 spiro atoms. The second kappa shape index (κ2) is 4.20. The Morgan fingerprint density at radius 2 is 2.08 bits per heavy atom. The van der Waals surface area contributed by atoms with Crippen LogP contribution in [0.3, 0.4) is 0 Å². The van der Waals surface area contributed by atoms with Crippen molar-refractivity contribution in [1.82, 2.24) is 0 Å². The Bertz CT molecular complexity index is 346. The molecule has 1 aromatic rings. The predicted molar refractivity (Wildman–Crippen MR) is 45.3 cm³/mol. The molecule has 0 aliphatic rings. The molecule has 1 atom stereocenters. The van der Waals surface area contributed by atoms with Gasteiger partial charge in [0.15, 0.2) is 11.6 Å². The average molecular weight is 202 g/mol. The zero-order chi connectivity index (χ0) is 9.84. The minimum atomic E-state index is -0.917. The summed E-state index contributed by atoms with van der Waals surface area (Å²) in [6.07, 6.45) is 0.218. The normalized spacial score (nSPS) is 12.2. The van der Waals surface area contributed by atoms with Crippen molar-refractivity contribution in [3.05, 3.63) is 35.4 Å².